The Morgan fingerprint density at radius 3 is 2.56 bits per heavy atom. The van der Waals surface area contributed by atoms with E-state index in [1.165, 1.54) is 0 Å². The monoisotopic (exact) mass is 230 g/mol. The van der Waals surface area contributed by atoms with Crippen LogP contribution in [0.25, 0.3) is 0 Å². The summed E-state index contributed by atoms with van der Waals surface area (Å²) in [6, 6.07) is -0.175. The lowest BCUT2D eigenvalue weighted by molar-refractivity contribution is -0.146. The number of nitrogens with zero attached hydrogens (tertiary/aromatic N) is 2. The maximum Gasteiger partial charge on any atom is 0.323 e. The number of carbonyl (C=O) groups is 1. The maximum atomic E-state index is 11.1. The van der Waals surface area contributed by atoms with Crippen molar-refractivity contribution in [1.82, 2.24) is 9.80 Å². The Morgan fingerprint density at radius 1 is 1.56 bits per heavy atom. The first-order valence-corrected chi connectivity index (χ1v) is 5.68. The third-order valence-electron chi connectivity index (χ3n) is 3.37. The first-order chi connectivity index (χ1) is 7.56. The van der Waals surface area contributed by atoms with Crippen LogP contribution in [0.1, 0.15) is 12.8 Å². The molecular formula is C11H22N2O3. The zero-order valence-electron chi connectivity index (χ0n) is 10.3. The number of carboxylic acid groups (broad SMARTS) is 1. The number of piperidine rings is 1. The fourth-order valence-electron chi connectivity index (χ4n) is 2.18. The van der Waals surface area contributed by atoms with Crippen molar-refractivity contribution in [2.75, 3.05) is 40.9 Å². The van der Waals surface area contributed by atoms with Crippen molar-refractivity contribution in [1.29, 1.82) is 0 Å². The summed E-state index contributed by atoms with van der Waals surface area (Å²) in [6.45, 7) is 2.32. The van der Waals surface area contributed by atoms with Gasteiger partial charge in [0.1, 0.15) is 6.04 Å². The number of hydrogen-bond donors (Lipinski definition) is 1. The van der Waals surface area contributed by atoms with Crippen LogP contribution in [0.5, 0.6) is 0 Å². The average Bonchev–Trinajstić information content (AvgIpc) is 2.25. The predicted octanol–water partition coefficient (Wildman–Crippen LogP) is 0.112. The molecule has 1 N–H and O–H groups in total. The zero-order valence-corrected chi connectivity index (χ0v) is 10.3. The predicted molar refractivity (Wildman–Crippen MR) is 61.6 cm³/mol. The minimum Gasteiger partial charge on any atom is -0.480 e. The van der Waals surface area contributed by atoms with Crippen molar-refractivity contribution in [3.05, 3.63) is 0 Å². The van der Waals surface area contributed by atoms with E-state index in [4.69, 9.17) is 9.84 Å². The highest BCUT2D eigenvalue weighted by atomic mass is 16.5. The van der Waals surface area contributed by atoms with Crippen LogP contribution in [-0.2, 0) is 9.53 Å². The molecule has 5 heteroatoms. The highest BCUT2D eigenvalue weighted by molar-refractivity contribution is 5.73. The summed E-state index contributed by atoms with van der Waals surface area (Å²) >= 11 is 0. The Kier molecular flexibility index (Phi) is 5.18. The van der Waals surface area contributed by atoms with Crippen molar-refractivity contribution in [2.45, 2.75) is 24.9 Å². The van der Waals surface area contributed by atoms with Gasteiger partial charge < -0.3 is 14.7 Å². The molecule has 0 amide bonds. The standard InChI is InChI=1S/C11H22N2O3/c1-12-6-4-9(5-7-12)13(2)10(8-16-3)11(14)15/h9-10H,4-8H2,1-3H3,(H,14,15). The molecule has 1 aliphatic heterocycles. The van der Waals surface area contributed by atoms with Crippen LogP contribution in [0.4, 0.5) is 0 Å². The Bertz CT molecular complexity index is 227. The van der Waals surface area contributed by atoms with Crippen LogP contribution in [0.15, 0.2) is 0 Å². The van der Waals surface area contributed by atoms with Gasteiger partial charge >= 0.3 is 5.97 Å². The summed E-state index contributed by atoms with van der Waals surface area (Å²) in [5.74, 6) is -0.803. The van der Waals surface area contributed by atoms with Gasteiger partial charge in [-0.05, 0) is 40.0 Å². The first-order valence-electron chi connectivity index (χ1n) is 5.68. The summed E-state index contributed by atoms with van der Waals surface area (Å²) < 4.78 is 4.97. The van der Waals surface area contributed by atoms with E-state index in [2.05, 4.69) is 11.9 Å². The van der Waals surface area contributed by atoms with Crippen LogP contribution >= 0.6 is 0 Å². The van der Waals surface area contributed by atoms with Crippen LogP contribution < -0.4 is 0 Å². The molecule has 0 aromatic rings. The lowest BCUT2D eigenvalue weighted by Crippen LogP contribution is -2.50. The number of likely N-dealkylation sites (tertiary alicyclic amines) is 1. The molecule has 94 valence electrons. The third kappa shape index (κ3) is 3.43. The van der Waals surface area contributed by atoms with Gasteiger partial charge in [0, 0.05) is 13.2 Å². The van der Waals surface area contributed by atoms with Crippen LogP contribution in [-0.4, -0.2) is 73.9 Å². The van der Waals surface area contributed by atoms with Gasteiger partial charge in [0.25, 0.3) is 0 Å². The molecule has 0 bridgehead atoms. The van der Waals surface area contributed by atoms with E-state index >= 15 is 0 Å². The molecule has 0 spiro atoms. The molecule has 0 aromatic carbocycles. The number of hydrogen-bond acceptors (Lipinski definition) is 4. The Labute approximate surface area is 97.0 Å². The van der Waals surface area contributed by atoms with Gasteiger partial charge in [-0.25, -0.2) is 0 Å². The minimum atomic E-state index is -0.803. The SMILES string of the molecule is COCC(C(=O)O)N(C)C1CCN(C)CC1. The molecule has 16 heavy (non-hydrogen) atoms. The smallest absolute Gasteiger partial charge is 0.323 e. The second-order valence-electron chi connectivity index (χ2n) is 4.51. The molecule has 1 rings (SSSR count). The largest absolute Gasteiger partial charge is 0.480 e. The molecular weight excluding hydrogens is 208 g/mol. The Balaban J connectivity index is 2.53. The number of methoxy groups -OCH3 is 1. The van der Waals surface area contributed by atoms with Crippen molar-refractivity contribution in [3.63, 3.8) is 0 Å². The first kappa shape index (κ1) is 13.4. The molecule has 0 radical (unpaired) electrons. The van der Waals surface area contributed by atoms with E-state index in [0.29, 0.717) is 6.04 Å². The second kappa shape index (κ2) is 6.18. The normalized spacial score (nSPS) is 21.2. The van der Waals surface area contributed by atoms with Crippen molar-refractivity contribution < 1.29 is 14.6 Å². The molecule has 0 saturated carbocycles. The molecule has 1 saturated heterocycles. The molecule has 1 fully saturated rings. The summed E-state index contributed by atoms with van der Waals surface area (Å²) in [5, 5.41) is 9.13. The van der Waals surface area contributed by atoms with Gasteiger partial charge in [-0.15, -0.1) is 0 Å². The lowest BCUT2D eigenvalue weighted by Gasteiger charge is -2.37. The molecule has 5 nitrogen and oxygen atoms in total. The van der Waals surface area contributed by atoms with Gasteiger partial charge in [-0.2, -0.15) is 0 Å². The summed E-state index contributed by atoms with van der Waals surface area (Å²) in [7, 11) is 5.52. The fraction of sp³-hybridized carbons (Fsp3) is 0.909. The van der Waals surface area contributed by atoms with Gasteiger partial charge in [0.05, 0.1) is 6.61 Å². The highest BCUT2D eigenvalue weighted by Crippen LogP contribution is 2.16. The highest BCUT2D eigenvalue weighted by Gasteiger charge is 2.29. The minimum absolute atomic E-state index is 0.248. The van der Waals surface area contributed by atoms with Crippen LogP contribution in [0.3, 0.4) is 0 Å². The molecule has 1 atom stereocenters. The quantitative estimate of drug-likeness (QED) is 0.726. The summed E-state index contributed by atoms with van der Waals surface area (Å²) in [6.07, 6.45) is 2.06. The average molecular weight is 230 g/mol. The van der Waals surface area contributed by atoms with Crippen molar-refractivity contribution >= 4 is 5.97 Å². The van der Waals surface area contributed by atoms with Gasteiger partial charge in [0.15, 0.2) is 0 Å². The van der Waals surface area contributed by atoms with E-state index in [1.54, 1.807) is 7.11 Å². The second-order valence-corrected chi connectivity index (χ2v) is 4.51. The van der Waals surface area contributed by atoms with Crippen LogP contribution in [0, 0.1) is 0 Å². The van der Waals surface area contributed by atoms with Crippen molar-refractivity contribution in [3.8, 4) is 0 Å². The molecule has 1 aliphatic rings. The zero-order chi connectivity index (χ0) is 12.1. The van der Waals surface area contributed by atoms with Gasteiger partial charge in [-0.1, -0.05) is 0 Å². The fourth-order valence-corrected chi connectivity index (χ4v) is 2.18. The molecule has 0 aliphatic carbocycles. The van der Waals surface area contributed by atoms with E-state index in [9.17, 15) is 4.79 Å². The third-order valence-corrected chi connectivity index (χ3v) is 3.37. The van der Waals surface area contributed by atoms with E-state index in [-0.39, 0.29) is 6.61 Å². The van der Waals surface area contributed by atoms with Gasteiger partial charge in [-0.3, -0.25) is 9.69 Å². The van der Waals surface area contributed by atoms with Crippen molar-refractivity contribution in [2.24, 2.45) is 0 Å². The molecule has 1 unspecified atom stereocenters. The Morgan fingerprint density at radius 2 is 2.12 bits per heavy atom. The number of carboxylic acids is 1. The van der Waals surface area contributed by atoms with E-state index in [1.807, 2.05) is 11.9 Å². The Hall–Kier alpha value is -0.650. The number of aliphatic carboxylic acids is 1. The van der Waals surface area contributed by atoms with E-state index < -0.39 is 12.0 Å². The van der Waals surface area contributed by atoms with Gasteiger partial charge in [0.2, 0.25) is 0 Å². The number of ether oxygens (including phenoxy) is 1. The number of likely N-dealkylation sites (N-methyl/N-ethyl adjacent to an activating group) is 1. The molecule has 0 aromatic heterocycles. The molecule has 1 heterocycles. The van der Waals surface area contributed by atoms with E-state index in [0.717, 1.165) is 25.9 Å². The summed E-state index contributed by atoms with van der Waals surface area (Å²) in [4.78, 5) is 15.3. The van der Waals surface area contributed by atoms with Crippen LogP contribution in [0.2, 0.25) is 0 Å². The summed E-state index contributed by atoms with van der Waals surface area (Å²) in [5.41, 5.74) is 0. The number of rotatable bonds is 5. The topological polar surface area (TPSA) is 53.0 Å². The lowest BCUT2D eigenvalue weighted by atomic mass is 10.0. The maximum absolute atomic E-state index is 11.1.